The van der Waals surface area contributed by atoms with E-state index in [4.69, 9.17) is 5.26 Å². The normalized spacial score (nSPS) is 9.78. The second kappa shape index (κ2) is 5.10. The SMILES string of the molecule is CN(Cc1ncn[nH]1)C(=O)c1ccc(C#N)cc1. The van der Waals surface area contributed by atoms with Crippen LogP contribution in [0, 0.1) is 11.3 Å². The van der Waals surface area contributed by atoms with Gasteiger partial charge in [-0.1, -0.05) is 0 Å². The highest BCUT2D eigenvalue weighted by molar-refractivity contribution is 5.94. The second-order valence-corrected chi connectivity index (χ2v) is 3.78. The number of nitriles is 1. The van der Waals surface area contributed by atoms with Gasteiger partial charge in [0.2, 0.25) is 0 Å². The van der Waals surface area contributed by atoms with E-state index in [1.807, 2.05) is 6.07 Å². The lowest BCUT2D eigenvalue weighted by atomic mass is 10.1. The molecule has 1 N–H and O–H groups in total. The summed E-state index contributed by atoms with van der Waals surface area (Å²) in [6.45, 7) is 0.360. The van der Waals surface area contributed by atoms with Crippen molar-refractivity contribution in [3.05, 3.63) is 47.5 Å². The summed E-state index contributed by atoms with van der Waals surface area (Å²) < 4.78 is 0. The van der Waals surface area contributed by atoms with Gasteiger partial charge in [0, 0.05) is 12.6 Å². The number of hydrogen-bond donors (Lipinski definition) is 1. The third-order valence-electron chi connectivity index (χ3n) is 2.46. The Morgan fingerprint density at radius 1 is 1.44 bits per heavy atom. The summed E-state index contributed by atoms with van der Waals surface area (Å²) >= 11 is 0. The van der Waals surface area contributed by atoms with Crippen LogP contribution in [0.2, 0.25) is 0 Å². The molecule has 1 amide bonds. The van der Waals surface area contributed by atoms with Gasteiger partial charge in [-0.2, -0.15) is 10.4 Å². The summed E-state index contributed by atoms with van der Waals surface area (Å²) in [4.78, 5) is 17.5. The van der Waals surface area contributed by atoms with Gasteiger partial charge in [-0.25, -0.2) is 4.98 Å². The zero-order chi connectivity index (χ0) is 13.0. The molecular formula is C12H11N5O. The first-order chi connectivity index (χ1) is 8.70. The van der Waals surface area contributed by atoms with E-state index in [2.05, 4.69) is 15.2 Å². The molecule has 0 spiro atoms. The van der Waals surface area contributed by atoms with Crippen LogP contribution in [0.5, 0.6) is 0 Å². The fraction of sp³-hybridized carbons (Fsp3) is 0.167. The van der Waals surface area contributed by atoms with Crippen molar-refractivity contribution in [1.29, 1.82) is 5.26 Å². The number of rotatable bonds is 3. The van der Waals surface area contributed by atoms with Gasteiger partial charge in [-0.3, -0.25) is 9.89 Å². The molecule has 2 aromatic rings. The first kappa shape index (κ1) is 11.8. The number of carbonyl (C=O) groups is 1. The van der Waals surface area contributed by atoms with Crippen molar-refractivity contribution in [2.75, 3.05) is 7.05 Å². The first-order valence-electron chi connectivity index (χ1n) is 5.30. The molecule has 18 heavy (non-hydrogen) atoms. The Bertz CT molecular complexity index is 568. The molecule has 0 aliphatic rings. The molecule has 6 heteroatoms. The number of hydrogen-bond acceptors (Lipinski definition) is 4. The molecule has 1 heterocycles. The fourth-order valence-electron chi connectivity index (χ4n) is 1.51. The maximum atomic E-state index is 12.1. The summed E-state index contributed by atoms with van der Waals surface area (Å²) in [6, 6.07) is 8.52. The molecule has 0 fully saturated rings. The summed E-state index contributed by atoms with van der Waals surface area (Å²) in [7, 11) is 1.68. The Morgan fingerprint density at radius 2 is 2.17 bits per heavy atom. The minimum Gasteiger partial charge on any atom is -0.334 e. The van der Waals surface area contributed by atoms with Crippen LogP contribution in [0.3, 0.4) is 0 Å². The molecule has 0 saturated heterocycles. The lowest BCUT2D eigenvalue weighted by molar-refractivity contribution is 0.0781. The van der Waals surface area contributed by atoms with Gasteiger partial charge in [0.05, 0.1) is 18.2 Å². The van der Waals surface area contributed by atoms with Crippen LogP contribution in [0.25, 0.3) is 0 Å². The number of nitrogens with one attached hydrogen (secondary N) is 1. The number of carbonyl (C=O) groups excluding carboxylic acids is 1. The van der Waals surface area contributed by atoms with E-state index in [9.17, 15) is 4.79 Å². The molecule has 1 aromatic carbocycles. The molecule has 6 nitrogen and oxygen atoms in total. The molecule has 0 bridgehead atoms. The van der Waals surface area contributed by atoms with Crippen molar-refractivity contribution in [3.63, 3.8) is 0 Å². The van der Waals surface area contributed by atoms with Crippen LogP contribution in [0.4, 0.5) is 0 Å². The number of aromatic nitrogens is 3. The van der Waals surface area contributed by atoms with Crippen LogP contribution in [-0.2, 0) is 6.54 Å². The van der Waals surface area contributed by atoms with Crippen LogP contribution in [-0.4, -0.2) is 33.0 Å². The molecule has 0 saturated carbocycles. The first-order valence-corrected chi connectivity index (χ1v) is 5.30. The summed E-state index contributed by atoms with van der Waals surface area (Å²) in [5.74, 6) is 0.496. The zero-order valence-electron chi connectivity index (χ0n) is 9.79. The Morgan fingerprint density at radius 3 is 2.72 bits per heavy atom. The summed E-state index contributed by atoms with van der Waals surface area (Å²) in [5.41, 5.74) is 1.07. The third-order valence-corrected chi connectivity index (χ3v) is 2.46. The predicted octanol–water partition coefficient (Wildman–Crippen LogP) is 0.949. The Labute approximate surface area is 104 Å². The smallest absolute Gasteiger partial charge is 0.254 e. The van der Waals surface area contributed by atoms with E-state index in [0.29, 0.717) is 23.5 Å². The largest absolute Gasteiger partial charge is 0.334 e. The van der Waals surface area contributed by atoms with Crippen molar-refractivity contribution in [1.82, 2.24) is 20.1 Å². The van der Waals surface area contributed by atoms with E-state index in [1.54, 1.807) is 31.3 Å². The Kier molecular flexibility index (Phi) is 3.34. The minimum atomic E-state index is -0.129. The summed E-state index contributed by atoms with van der Waals surface area (Å²) in [6.07, 6.45) is 1.40. The number of benzene rings is 1. The lowest BCUT2D eigenvalue weighted by Gasteiger charge is -2.15. The van der Waals surface area contributed by atoms with Crippen molar-refractivity contribution < 1.29 is 4.79 Å². The highest BCUT2D eigenvalue weighted by Crippen LogP contribution is 2.07. The van der Waals surface area contributed by atoms with Gasteiger partial charge in [0.25, 0.3) is 5.91 Å². The van der Waals surface area contributed by atoms with Crippen LogP contribution >= 0.6 is 0 Å². The Hall–Kier alpha value is -2.68. The quantitative estimate of drug-likeness (QED) is 0.866. The molecule has 90 valence electrons. The molecule has 0 radical (unpaired) electrons. The van der Waals surface area contributed by atoms with Crippen molar-refractivity contribution in [2.45, 2.75) is 6.54 Å². The van der Waals surface area contributed by atoms with Crippen LogP contribution in [0.1, 0.15) is 21.7 Å². The van der Waals surface area contributed by atoms with Crippen molar-refractivity contribution in [3.8, 4) is 6.07 Å². The molecule has 0 atom stereocenters. The number of amides is 1. The predicted molar refractivity (Wildman–Crippen MR) is 63.3 cm³/mol. The average molecular weight is 241 g/mol. The van der Waals surface area contributed by atoms with Gasteiger partial charge in [0.1, 0.15) is 12.2 Å². The Balaban J connectivity index is 2.08. The third kappa shape index (κ3) is 2.52. The highest BCUT2D eigenvalue weighted by atomic mass is 16.2. The van der Waals surface area contributed by atoms with Gasteiger partial charge in [-0.05, 0) is 24.3 Å². The van der Waals surface area contributed by atoms with Gasteiger partial charge < -0.3 is 4.90 Å². The number of nitrogens with zero attached hydrogens (tertiary/aromatic N) is 4. The second-order valence-electron chi connectivity index (χ2n) is 3.78. The van der Waals surface area contributed by atoms with Crippen molar-refractivity contribution in [2.24, 2.45) is 0 Å². The minimum absolute atomic E-state index is 0.129. The van der Waals surface area contributed by atoms with E-state index < -0.39 is 0 Å². The molecule has 2 rings (SSSR count). The van der Waals surface area contributed by atoms with E-state index in [1.165, 1.54) is 11.2 Å². The van der Waals surface area contributed by atoms with Crippen LogP contribution < -0.4 is 0 Å². The number of H-pyrrole nitrogens is 1. The molecular weight excluding hydrogens is 230 g/mol. The maximum Gasteiger partial charge on any atom is 0.254 e. The lowest BCUT2D eigenvalue weighted by Crippen LogP contribution is -2.26. The molecule has 0 aliphatic carbocycles. The van der Waals surface area contributed by atoms with E-state index in [-0.39, 0.29) is 5.91 Å². The van der Waals surface area contributed by atoms with Gasteiger partial charge in [-0.15, -0.1) is 0 Å². The van der Waals surface area contributed by atoms with Gasteiger partial charge >= 0.3 is 0 Å². The number of aromatic amines is 1. The van der Waals surface area contributed by atoms with Crippen LogP contribution in [0.15, 0.2) is 30.6 Å². The monoisotopic (exact) mass is 241 g/mol. The average Bonchev–Trinajstić information content (AvgIpc) is 2.91. The zero-order valence-corrected chi connectivity index (χ0v) is 9.79. The topological polar surface area (TPSA) is 85.7 Å². The molecule has 1 aromatic heterocycles. The molecule has 0 unspecified atom stereocenters. The maximum absolute atomic E-state index is 12.1. The van der Waals surface area contributed by atoms with Crippen molar-refractivity contribution >= 4 is 5.91 Å². The summed E-state index contributed by atoms with van der Waals surface area (Å²) in [5, 5.41) is 15.1. The fourth-order valence-corrected chi connectivity index (χ4v) is 1.51. The standard InChI is InChI=1S/C12H11N5O/c1-17(7-11-14-8-15-16-11)12(18)10-4-2-9(6-13)3-5-10/h2-5,8H,7H2,1H3,(H,14,15,16). The van der Waals surface area contributed by atoms with Gasteiger partial charge in [0.15, 0.2) is 0 Å². The van der Waals surface area contributed by atoms with E-state index in [0.717, 1.165) is 0 Å². The highest BCUT2D eigenvalue weighted by Gasteiger charge is 2.12. The molecule has 0 aliphatic heterocycles. The van der Waals surface area contributed by atoms with E-state index >= 15 is 0 Å².